The lowest BCUT2D eigenvalue weighted by Gasteiger charge is -2.17. The molecule has 0 aliphatic rings. The van der Waals surface area contributed by atoms with E-state index in [0.717, 1.165) is 41.6 Å². The van der Waals surface area contributed by atoms with Crippen LogP contribution in [0.2, 0.25) is 4.34 Å². The van der Waals surface area contributed by atoms with Crippen molar-refractivity contribution in [2.45, 2.75) is 38.0 Å². The number of aromatic nitrogens is 2. The zero-order chi connectivity index (χ0) is 19.8. The maximum atomic E-state index is 11.1. The minimum absolute atomic E-state index is 0.0438. The van der Waals surface area contributed by atoms with Crippen LogP contribution in [0.5, 0.6) is 0 Å². The number of thiophene rings is 1. The molecular formula is C21H24ClN3OS2. The van der Waals surface area contributed by atoms with E-state index in [4.69, 9.17) is 11.6 Å². The summed E-state index contributed by atoms with van der Waals surface area (Å²) in [5.74, 6) is 1.02. The summed E-state index contributed by atoms with van der Waals surface area (Å²) in [6.07, 6.45) is 8.91. The molecule has 0 radical (unpaired) electrons. The summed E-state index contributed by atoms with van der Waals surface area (Å²) in [6.45, 7) is 2.49. The summed E-state index contributed by atoms with van der Waals surface area (Å²) in [5, 5.41) is 3.33. The minimum atomic E-state index is -0.0438. The molecule has 1 atom stereocenters. The third-order valence-corrected chi connectivity index (χ3v) is 6.92. The second-order valence-electron chi connectivity index (χ2n) is 6.62. The van der Waals surface area contributed by atoms with Crippen molar-refractivity contribution in [3.63, 3.8) is 0 Å². The zero-order valence-corrected chi connectivity index (χ0v) is 18.2. The van der Waals surface area contributed by atoms with Crippen molar-refractivity contribution in [2.24, 2.45) is 0 Å². The van der Waals surface area contributed by atoms with Crippen LogP contribution in [0.3, 0.4) is 0 Å². The molecule has 3 rings (SSSR count). The molecule has 0 aliphatic heterocycles. The van der Waals surface area contributed by atoms with Gasteiger partial charge in [-0.3, -0.25) is 4.79 Å². The highest BCUT2D eigenvalue weighted by Crippen LogP contribution is 2.26. The van der Waals surface area contributed by atoms with Gasteiger partial charge in [-0.2, -0.15) is 11.8 Å². The van der Waals surface area contributed by atoms with Crippen LogP contribution in [0.15, 0.2) is 55.1 Å². The monoisotopic (exact) mass is 433 g/mol. The Balaban J connectivity index is 1.50. The molecular weight excluding hydrogens is 410 g/mol. The first-order valence-electron chi connectivity index (χ1n) is 9.26. The molecule has 7 heteroatoms. The normalized spacial score (nSPS) is 12.1. The second kappa shape index (κ2) is 10.7. The molecule has 0 bridgehead atoms. The Kier molecular flexibility index (Phi) is 8.01. The Hall–Kier alpha value is -1.76. The van der Waals surface area contributed by atoms with Crippen LogP contribution in [0.1, 0.15) is 23.8 Å². The fraction of sp³-hybridized carbons (Fsp3) is 0.333. The molecule has 0 saturated heterocycles. The van der Waals surface area contributed by atoms with Gasteiger partial charge in [-0.15, -0.1) is 11.3 Å². The lowest BCUT2D eigenvalue weighted by molar-refractivity contribution is -0.114. The van der Waals surface area contributed by atoms with Crippen molar-refractivity contribution < 1.29 is 4.79 Å². The van der Waals surface area contributed by atoms with Gasteiger partial charge in [0, 0.05) is 41.7 Å². The van der Waals surface area contributed by atoms with Crippen LogP contribution in [-0.2, 0) is 24.2 Å². The van der Waals surface area contributed by atoms with Gasteiger partial charge in [-0.1, -0.05) is 23.7 Å². The molecule has 0 aliphatic carbocycles. The summed E-state index contributed by atoms with van der Waals surface area (Å²) >= 11 is 9.74. The van der Waals surface area contributed by atoms with Gasteiger partial charge >= 0.3 is 0 Å². The zero-order valence-electron chi connectivity index (χ0n) is 15.8. The number of hydrogen-bond donors (Lipinski definition) is 1. The SMILES string of the molecule is CC(=O)Nc1ccc(CCSC(CCc2ccc(Cl)s2)Cn2ccnc2)cc1. The Morgan fingerprint density at radius 1 is 1.25 bits per heavy atom. The minimum Gasteiger partial charge on any atom is -0.336 e. The largest absolute Gasteiger partial charge is 0.336 e. The van der Waals surface area contributed by atoms with Gasteiger partial charge in [0.2, 0.25) is 5.91 Å². The van der Waals surface area contributed by atoms with E-state index in [0.29, 0.717) is 5.25 Å². The first-order chi connectivity index (χ1) is 13.6. The van der Waals surface area contributed by atoms with Crippen LogP contribution in [0.4, 0.5) is 5.69 Å². The quantitative estimate of drug-likeness (QED) is 0.457. The van der Waals surface area contributed by atoms with Gasteiger partial charge in [0.25, 0.3) is 0 Å². The number of hydrogen-bond acceptors (Lipinski definition) is 4. The average molecular weight is 434 g/mol. The van der Waals surface area contributed by atoms with E-state index in [1.165, 1.54) is 17.4 Å². The first kappa shape index (κ1) is 21.0. The Labute approximate surface area is 179 Å². The molecule has 1 unspecified atom stereocenters. The summed E-state index contributed by atoms with van der Waals surface area (Å²) in [7, 11) is 0. The Morgan fingerprint density at radius 3 is 2.71 bits per heavy atom. The van der Waals surface area contributed by atoms with E-state index >= 15 is 0 Å². The lowest BCUT2D eigenvalue weighted by atomic mass is 10.1. The fourth-order valence-electron chi connectivity index (χ4n) is 2.95. The summed E-state index contributed by atoms with van der Waals surface area (Å²) in [5.41, 5.74) is 2.13. The van der Waals surface area contributed by atoms with Gasteiger partial charge in [0.15, 0.2) is 0 Å². The molecule has 148 valence electrons. The van der Waals surface area contributed by atoms with Crippen molar-refractivity contribution in [1.82, 2.24) is 9.55 Å². The van der Waals surface area contributed by atoms with Crippen LogP contribution >= 0.6 is 34.7 Å². The topological polar surface area (TPSA) is 46.9 Å². The predicted octanol–water partition coefficient (Wildman–Crippen LogP) is 5.53. The number of carbonyl (C=O) groups excluding carboxylic acids is 1. The highest BCUT2D eigenvalue weighted by molar-refractivity contribution is 7.99. The van der Waals surface area contributed by atoms with Gasteiger partial charge in [-0.05, 0) is 54.8 Å². The van der Waals surface area contributed by atoms with E-state index in [1.54, 1.807) is 11.3 Å². The van der Waals surface area contributed by atoms with Crippen molar-refractivity contribution in [3.8, 4) is 0 Å². The van der Waals surface area contributed by atoms with Gasteiger partial charge in [0.1, 0.15) is 0 Å². The smallest absolute Gasteiger partial charge is 0.221 e. The standard InChI is InChI=1S/C21H24ClN3OS2/c1-16(26)24-18-4-2-17(3-5-18)10-13-27-20(14-25-12-11-23-15-25)7-6-19-8-9-21(22)28-19/h2-5,8-9,11-12,15,20H,6-7,10,13-14H2,1H3,(H,24,26). The fourth-order valence-corrected chi connectivity index (χ4v) is 5.30. The first-order valence-corrected chi connectivity index (χ1v) is 11.5. The van der Waals surface area contributed by atoms with Gasteiger partial charge in [0.05, 0.1) is 10.7 Å². The molecule has 2 aromatic heterocycles. The van der Waals surface area contributed by atoms with Crippen LogP contribution in [0, 0.1) is 0 Å². The number of benzene rings is 1. The van der Waals surface area contributed by atoms with E-state index in [2.05, 4.69) is 33.1 Å². The van der Waals surface area contributed by atoms with E-state index in [1.807, 2.05) is 48.7 Å². The number of aryl methyl sites for hydroxylation is 2. The Morgan fingerprint density at radius 2 is 2.07 bits per heavy atom. The van der Waals surface area contributed by atoms with Crippen LogP contribution in [0.25, 0.3) is 0 Å². The number of amides is 1. The number of rotatable bonds is 10. The molecule has 0 fully saturated rings. The molecule has 4 nitrogen and oxygen atoms in total. The average Bonchev–Trinajstić information content (AvgIpc) is 3.32. The van der Waals surface area contributed by atoms with Gasteiger partial charge in [-0.25, -0.2) is 4.98 Å². The number of imidazole rings is 1. The molecule has 2 heterocycles. The third kappa shape index (κ3) is 7.00. The molecule has 3 aromatic rings. The summed E-state index contributed by atoms with van der Waals surface area (Å²) < 4.78 is 3.01. The number of thioether (sulfide) groups is 1. The summed E-state index contributed by atoms with van der Waals surface area (Å²) in [4.78, 5) is 16.6. The van der Waals surface area contributed by atoms with Crippen LogP contribution in [-0.4, -0.2) is 26.5 Å². The number of carbonyl (C=O) groups is 1. The van der Waals surface area contributed by atoms with E-state index in [9.17, 15) is 4.79 Å². The molecule has 1 amide bonds. The second-order valence-corrected chi connectivity index (χ2v) is 9.83. The van der Waals surface area contributed by atoms with Crippen LogP contribution < -0.4 is 5.32 Å². The maximum absolute atomic E-state index is 11.1. The third-order valence-electron chi connectivity index (χ3n) is 4.33. The van der Waals surface area contributed by atoms with E-state index < -0.39 is 0 Å². The molecule has 0 saturated carbocycles. The number of nitrogens with one attached hydrogen (secondary N) is 1. The molecule has 1 N–H and O–H groups in total. The van der Waals surface area contributed by atoms with Crippen molar-refractivity contribution in [2.75, 3.05) is 11.1 Å². The summed E-state index contributed by atoms with van der Waals surface area (Å²) in [6, 6.07) is 12.2. The van der Waals surface area contributed by atoms with Crippen molar-refractivity contribution >= 4 is 46.3 Å². The maximum Gasteiger partial charge on any atom is 0.221 e. The molecule has 1 aromatic carbocycles. The molecule has 28 heavy (non-hydrogen) atoms. The van der Waals surface area contributed by atoms with E-state index in [-0.39, 0.29) is 5.91 Å². The molecule has 0 spiro atoms. The predicted molar refractivity (Wildman–Crippen MR) is 121 cm³/mol. The number of halogens is 1. The lowest BCUT2D eigenvalue weighted by Crippen LogP contribution is -2.14. The van der Waals surface area contributed by atoms with Crippen molar-refractivity contribution in [1.29, 1.82) is 0 Å². The highest BCUT2D eigenvalue weighted by Gasteiger charge is 2.12. The Bertz CT molecular complexity index is 862. The number of anilines is 1. The van der Waals surface area contributed by atoms with Crippen molar-refractivity contribution in [3.05, 3.63) is 69.9 Å². The number of nitrogens with zero attached hydrogens (tertiary/aromatic N) is 2. The van der Waals surface area contributed by atoms with Gasteiger partial charge < -0.3 is 9.88 Å². The highest BCUT2D eigenvalue weighted by atomic mass is 35.5.